The van der Waals surface area contributed by atoms with Crippen molar-refractivity contribution in [2.45, 2.75) is 52.5 Å². The van der Waals surface area contributed by atoms with E-state index >= 15 is 0 Å². The molecule has 0 aliphatic heterocycles. The van der Waals surface area contributed by atoms with E-state index < -0.39 is 12.0 Å². The van der Waals surface area contributed by atoms with Crippen molar-refractivity contribution in [3.8, 4) is 0 Å². The molecule has 1 fully saturated rings. The summed E-state index contributed by atoms with van der Waals surface area (Å²) in [5, 5.41) is 11.9. The smallest absolute Gasteiger partial charge is 0.326 e. The van der Waals surface area contributed by atoms with Crippen molar-refractivity contribution < 1.29 is 14.7 Å². The quantitative estimate of drug-likeness (QED) is 0.711. The lowest BCUT2D eigenvalue weighted by atomic mass is 9.99. The lowest BCUT2D eigenvalue weighted by Crippen LogP contribution is -2.51. The number of nitrogens with zero attached hydrogens (tertiary/aromatic N) is 1. The van der Waals surface area contributed by atoms with E-state index in [1.165, 1.54) is 12.8 Å². The highest BCUT2D eigenvalue weighted by molar-refractivity contribution is 5.82. The Bertz CT molecular complexity index is 316. The summed E-state index contributed by atoms with van der Waals surface area (Å²) in [5.74, 6) is -0.402. The van der Waals surface area contributed by atoms with Crippen LogP contribution in [0.15, 0.2) is 0 Å². The molecule has 0 saturated heterocycles. The van der Waals surface area contributed by atoms with Crippen LogP contribution >= 0.6 is 0 Å². The van der Waals surface area contributed by atoms with E-state index in [9.17, 15) is 14.7 Å². The monoisotopic (exact) mass is 270 g/mol. The number of aliphatic carboxylic acids is 1. The van der Waals surface area contributed by atoms with Gasteiger partial charge in [0.25, 0.3) is 0 Å². The molecule has 0 radical (unpaired) electrons. The maximum atomic E-state index is 12.2. The number of hydrogen-bond donors (Lipinski definition) is 2. The van der Waals surface area contributed by atoms with E-state index in [0.717, 1.165) is 19.4 Å². The van der Waals surface area contributed by atoms with Crippen molar-refractivity contribution in [1.82, 2.24) is 10.2 Å². The molecule has 0 aromatic heterocycles. The molecule has 5 heteroatoms. The molecule has 5 nitrogen and oxygen atoms in total. The molecule has 2 amide bonds. The second kappa shape index (κ2) is 7.36. The lowest BCUT2D eigenvalue weighted by molar-refractivity contribution is -0.140. The molecule has 19 heavy (non-hydrogen) atoms. The number of carbonyl (C=O) groups excluding carboxylic acids is 1. The first-order valence-electron chi connectivity index (χ1n) is 7.27. The summed E-state index contributed by atoms with van der Waals surface area (Å²) in [7, 11) is 0. The van der Waals surface area contributed by atoms with Gasteiger partial charge in [-0.15, -0.1) is 0 Å². The van der Waals surface area contributed by atoms with E-state index in [1.807, 2.05) is 20.8 Å². The lowest BCUT2D eigenvalue weighted by Gasteiger charge is -2.27. The predicted molar refractivity (Wildman–Crippen MR) is 74.0 cm³/mol. The zero-order valence-electron chi connectivity index (χ0n) is 12.2. The Morgan fingerprint density at radius 3 is 2.42 bits per heavy atom. The topological polar surface area (TPSA) is 69.6 Å². The van der Waals surface area contributed by atoms with Gasteiger partial charge in [0.15, 0.2) is 0 Å². The molecule has 0 spiro atoms. The van der Waals surface area contributed by atoms with Crippen LogP contribution in [0.3, 0.4) is 0 Å². The van der Waals surface area contributed by atoms with Crippen molar-refractivity contribution in [1.29, 1.82) is 0 Å². The average molecular weight is 270 g/mol. The fourth-order valence-corrected chi connectivity index (χ4v) is 2.07. The molecule has 0 aromatic carbocycles. The number of urea groups is 1. The highest BCUT2D eigenvalue weighted by atomic mass is 16.4. The molecule has 0 aromatic rings. The molecular formula is C14H26N2O3. The second-order valence-electron chi connectivity index (χ2n) is 5.54. The van der Waals surface area contributed by atoms with Gasteiger partial charge in [-0.25, -0.2) is 9.59 Å². The number of hydrogen-bond acceptors (Lipinski definition) is 2. The number of rotatable bonds is 8. The summed E-state index contributed by atoms with van der Waals surface area (Å²) in [6.45, 7) is 7.25. The Hall–Kier alpha value is -1.26. The van der Waals surface area contributed by atoms with Crippen LogP contribution in [-0.4, -0.2) is 41.1 Å². The van der Waals surface area contributed by atoms with Crippen molar-refractivity contribution in [2.75, 3.05) is 13.1 Å². The van der Waals surface area contributed by atoms with Crippen molar-refractivity contribution in [3.63, 3.8) is 0 Å². The number of amides is 2. The number of carboxylic acids is 1. The van der Waals surface area contributed by atoms with Gasteiger partial charge >= 0.3 is 12.0 Å². The van der Waals surface area contributed by atoms with Crippen molar-refractivity contribution in [2.24, 2.45) is 11.8 Å². The molecule has 2 N–H and O–H groups in total. The third kappa shape index (κ3) is 5.09. The van der Waals surface area contributed by atoms with Gasteiger partial charge < -0.3 is 15.3 Å². The highest BCUT2D eigenvalue weighted by Gasteiger charge is 2.30. The van der Waals surface area contributed by atoms with Crippen LogP contribution in [0.4, 0.5) is 4.79 Å². The Labute approximate surface area is 115 Å². The van der Waals surface area contributed by atoms with Gasteiger partial charge in [0.05, 0.1) is 0 Å². The Balaban J connectivity index is 2.58. The molecule has 1 saturated carbocycles. The number of carbonyl (C=O) groups is 2. The van der Waals surface area contributed by atoms with Crippen LogP contribution in [0.25, 0.3) is 0 Å². The van der Waals surface area contributed by atoms with Crippen LogP contribution in [-0.2, 0) is 4.79 Å². The largest absolute Gasteiger partial charge is 0.480 e. The third-order valence-electron chi connectivity index (χ3n) is 3.71. The van der Waals surface area contributed by atoms with Gasteiger partial charge in [-0.3, -0.25) is 0 Å². The molecule has 110 valence electrons. The van der Waals surface area contributed by atoms with Gasteiger partial charge in [-0.1, -0.05) is 27.2 Å². The Morgan fingerprint density at radius 1 is 1.37 bits per heavy atom. The summed E-state index contributed by atoms with van der Waals surface area (Å²) in [4.78, 5) is 25.2. The van der Waals surface area contributed by atoms with Crippen molar-refractivity contribution in [3.05, 3.63) is 0 Å². The Kier molecular flexibility index (Phi) is 6.12. The molecule has 1 aliphatic rings. The fourth-order valence-electron chi connectivity index (χ4n) is 2.07. The fraction of sp³-hybridized carbons (Fsp3) is 0.857. The molecule has 1 rings (SSSR count). The van der Waals surface area contributed by atoms with Crippen LogP contribution < -0.4 is 5.32 Å². The molecular weight excluding hydrogens is 244 g/mol. The van der Waals surface area contributed by atoms with E-state index in [2.05, 4.69) is 5.32 Å². The van der Waals surface area contributed by atoms with E-state index in [4.69, 9.17) is 0 Å². The first kappa shape index (κ1) is 15.8. The molecule has 0 heterocycles. The Morgan fingerprint density at radius 2 is 2.00 bits per heavy atom. The highest BCUT2D eigenvalue weighted by Crippen LogP contribution is 2.29. The number of nitrogens with one attached hydrogen (secondary N) is 1. The molecule has 2 unspecified atom stereocenters. The molecule has 2 atom stereocenters. The van der Waals surface area contributed by atoms with Gasteiger partial charge in [0.1, 0.15) is 6.04 Å². The summed E-state index contributed by atoms with van der Waals surface area (Å²) < 4.78 is 0. The predicted octanol–water partition coefficient (Wildman–Crippen LogP) is 2.32. The average Bonchev–Trinajstić information content (AvgIpc) is 3.17. The minimum absolute atomic E-state index is 0.0640. The van der Waals surface area contributed by atoms with E-state index in [0.29, 0.717) is 12.5 Å². The third-order valence-corrected chi connectivity index (χ3v) is 3.71. The SMILES string of the molecule is CCCN(CC1CC1)C(=O)NC(C(=O)O)C(C)CC. The van der Waals surface area contributed by atoms with Crippen LogP contribution in [0, 0.1) is 11.8 Å². The minimum atomic E-state index is -0.953. The standard InChI is InChI=1S/C14H26N2O3/c1-4-8-16(9-11-6-7-11)14(19)15-12(13(17)18)10(3)5-2/h10-12H,4-9H2,1-3H3,(H,15,19)(H,17,18). The van der Waals surface area contributed by atoms with Crippen LogP contribution in [0.1, 0.15) is 46.5 Å². The maximum Gasteiger partial charge on any atom is 0.326 e. The van der Waals surface area contributed by atoms with E-state index in [-0.39, 0.29) is 11.9 Å². The summed E-state index contributed by atoms with van der Waals surface area (Å²) in [5.41, 5.74) is 0. The first-order valence-corrected chi connectivity index (χ1v) is 7.27. The number of carboxylic acid groups (broad SMARTS) is 1. The summed E-state index contributed by atoms with van der Waals surface area (Å²) in [6, 6.07) is -1.03. The maximum absolute atomic E-state index is 12.2. The second-order valence-corrected chi connectivity index (χ2v) is 5.54. The molecule has 1 aliphatic carbocycles. The van der Waals surface area contributed by atoms with E-state index in [1.54, 1.807) is 4.90 Å². The van der Waals surface area contributed by atoms with Gasteiger partial charge in [0.2, 0.25) is 0 Å². The van der Waals surface area contributed by atoms with Gasteiger partial charge in [-0.2, -0.15) is 0 Å². The van der Waals surface area contributed by atoms with Crippen LogP contribution in [0.5, 0.6) is 0 Å². The minimum Gasteiger partial charge on any atom is -0.480 e. The first-order chi connectivity index (χ1) is 8.99. The zero-order chi connectivity index (χ0) is 14.4. The van der Waals surface area contributed by atoms with Crippen LogP contribution in [0.2, 0.25) is 0 Å². The normalized spacial score (nSPS) is 17.6. The van der Waals surface area contributed by atoms with Gasteiger partial charge in [0, 0.05) is 13.1 Å². The zero-order valence-corrected chi connectivity index (χ0v) is 12.2. The molecule has 0 bridgehead atoms. The summed E-state index contributed by atoms with van der Waals surface area (Å²) >= 11 is 0. The van der Waals surface area contributed by atoms with Gasteiger partial charge in [-0.05, 0) is 31.1 Å². The summed E-state index contributed by atoms with van der Waals surface area (Å²) in [6.07, 6.45) is 3.98. The van der Waals surface area contributed by atoms with Crippen molar-refractivity contribution >= 4 is 12.0 Å².